The summed E-state index contributed by atoms with van der Waals surface area (Å²) in [6, 6.07) is 0. The minimum Gasteiger partial charge on any atom is -0.374 e. The normalized spacial score (nSPS) is 10.5. The van der Waals surface area contributed by atoms with Crippen LogP contribution < -0.4 is 5.73 Å². The minimum atomic E-state index is 0.120. The predicted molar refractivity (Wildman–Crippen MR) is 59.0 cm³/mol. The van der Waals surface area contributed by atoms with Gasteiger partial charge in [0.05, 0.1) is 0 Å². The van der Waals surface area contributed by atoms with Crippen molar-refractivity contribution in [3.8, 4) is 0 Å². The second-order valence-electron chi connectivity index (χ2n) is 3.18. The van der Waals surface area contributed by atoms with E-state index in [0.29, 0.717) is 5.13 Å². The summed E-state index contributed by atoms with van der Waals surface area (Å²) in [5.74, 6) is 0. The molecule has 0 fully saturated rings. The van der Waals surface area contributed by atoms with Crippen LogP contribution in [-0.4, -0.2) is 10.2 Å². The van der Waals surface area contributed by atoms with Crippen LogP contribution >= 0.6 is 11.3 Å². The zero-order valence-corrected chi connectivity index (χ0v) is 9.90. The molecule has 0 saturated carbocycles. The highest BCUT2D eigenvalue weighted by Crippen LogP contribution is 2.29. The van der Waals surface area contributed by atoms with Crippen molar-refractivity contribution in [1.82, 2.24) is 10.2 Å². The first-order valence-corrected chi connectivity index (χ1v) is 5.47. The van der Waals surface area contributed by atoms with E-state index < -0.39 is 0 Å². The quantitative estimate of drug-likeness (QED) is 0.800. The lowest BCUT2D eigenvalue weighted by Crippen LogP contribution is -2.14. The van der Waals surface area contributed by atoms with Gasteiger partial charge in [-0.1, -0.05) is 46.0 Å². The third-order valence-corrected chi connectivity index (χ3v) is 3.02. The molecule has 1 aromatic heterocycles. The van der Waals surface area contributed by atoms with E-state index in [1.54, 1.807) is 0 Å². The van der Waals surface area contributed by atoms with Gasteiger partial charge in [-0.25, -0.2) is 0 Å². The number of nitrogens with zero attached hydrogens (tertiary/aromatic N) is 2. The van der Waals surface area contributed by atoms with Crippen LogP contribution in [0.2, 0.25) is 0 Å². The lowest BCUT2D eigenvalue weighted by molar-refractivity contribution is 0.498. The summed E-state index contributed by atoms with van der Waals surface area (Å²) in [5.41, 5.74) is 5.60. The first kappa shape index (κ1) is 12.4. The van der Waals surface area contributed by atoms with E-state index in [9.17, 15) is 0 Å². The molecule has 13 heavy (non-hydrogen) atoms. The lowest BCUT2D eigenvalue weighted by atomic mass is 9.91. The van der Waals surface area contributed by atoms with E-state index in [0.717, 1.165) is 11.4 Å². The van der Waals surface area contributed by atoms with E-state index in [1.165, 1.54) is 11.3 Å². The molecule has 0 atom stereocenters. The zero-order chi connectivity index (χ0) is 10.5. The standard InChI is InChI=1S/C7H13N3S.C2H6/c1-4-7(2,3)5-9-10-6(8)11-5;1-2/h4H2,1-3H3,(H2,8,10);1-2H3. The zero-order valence-electron chi connectivity index (χ0n) is 9.09. The van der Waals surface area contributed by atoms with Gasteiger partial charge in [0, 0.05) is 5.41 Å². The van der Waals surface area contributed by atoms with Crippen LogP contribution in [0.1, 0.15) is 46.0 Å². The smallest absolute Gasteiger partial charge is 0.203 e. The molecule has 1 rings (SSSR count). The highest BCUT2D eigenvalue weighted by Gasteiger charge is 2.22. The van der Waals surface area contributed by atoms with Crippen LogP contribution in [0.25, 0.3) is 0 Å². The van der Waals surface area contributed by atoms with Gasteiger partial charge in [0.2, 0.25) is 5.13 Å². The molecule has 0 aliphatic rings. The van der Waals surface area contributed by atoms with Gasteiger partial charge in [-0.3, -0.25) is 0 Å². The molecule has 0 bridgehead atoms. The highest BCUT2D eigenvalue weighted by molar-refractivity contribution is 7.15. The van der Waals surface area contributed by atoms with Crippen LogP contribution in [0.4, 0.5) is 5.13 Å². The summed E-state index contributed by atoms with van der Waals surface area (Å²) in [6.45, 7) is 10.4. The van der Waals surface area contributed by atoms with Gasteiger partial charge in [0.15, 0.2) is 0 Å². The first-order chi connectivity index (χ1) is 6.06. The fraction of sp³-hybridized carbons (Fsp3) is 0.778. The topological polar surface area (TPSA) is 51.8 Å². The molecule has 3 nitrogen and oxygen atoms in total. The van der Waals surface area contributed by atoms with Crippen LogP contribution in [0.3, 0.4) is 0 Å². The van der Waals surface area contributed by atoms with Gasteiger partial charge < -0.3 is 5.73 Å². The van der Waals surface area contributed by atoms with Gasteiger partial charge in [-0.15, -0.1) is 10.2 Å². The average Bonchev–Trinajstić information content (AvgIpc) is 2.56. The summed E-state index contributed by atoms with van der Waals surface area (Å²) >= 11 is 1.47. The molecule has 0 radical (unpaired) electrons. The maximum atomic E-state index is 5.47. The molecular weight excluding hydrogens is 182 g/mol. The summed E-state index contributed by atoms with van der Waals surface area (Å²) in [4.78, 5) is 0. The van der Waals surface area contributed by atoms with E-state index in [-0.39, 0.29) is 5.41 Å². The maximum Gasteiger partial charge on any atom is 0.203 e. The fourth-order valence-electron chi connectivity index (χ4n) is 0.659. The summed E-state index contributed by atoms with van der Waals surface area (Å²) in [5, 5.41) is 9.36. The molecular formula is C9H19N3S. The van der Waals surface area contributed by atoms with Crippen molar-refractivity contribution < 1.29 is 0 Å². The Labute approximate surface area is 84.4 Å². The largest absolute Gasteiger partial charge is 0.374 e. The molecule has 0 unspecified atom stereocenters. The van der Waals surface area contributed by atoms with Gasteiger partial charge >= 0.3 is 0 Å². The third kappa shape index (κ3) is 3.30. The molecule has 0 saturated heterocycles. The van der Waals surface area contributed by atoms with Gasteiger partial charge in [-0.05, 0) is 6.42 Å². The van der Waals surface area contributed by atoms with Crippen molar-refractivity contribution in [2.45, 2.75) is 46.5 Å². The molecule has 0 aliphatic heterocycles. The number of anilines is 1. The number of hydrogen-bond acceptors (Lipinski definition) is 4. The van der Waals surface area contributed by atoms with Gasteiger partial charge in [-0.2, -0.15) is 0 Å². The molecule has 0 aliphatic carbocycles. The van der Waals surface area contributed by atoms with E-state index in [4.69, 9.17) is 5.73 Å². The second-order valence-corrected chi connectivity index (χ2v) is 4.19. The number of aromatic nitrogens is 2. The Hall–Kier alpha value is -0.640. The van der Waals surface area contributed by atoms with E-state index >= 15 is 0 Å². The van der Waals surface area contributed by atoms with Crippen molar-refractivity contribution >= 4 is 16.5 Å². The molecule has 0 spiro atoms. The Bertz CT molecular complexity index is 243. The van der Waals surface area contributed by atoms with Crippen molar-refractivity contribution in [3.63, 3.8) is 0 Å². The Morgan fingerprint density at radius 1 is 1.31 bits per heavy atom. The molecule has 2 N–H and O–H groups in total. The minimum absolute atomic E-state index is 0.120. The third-order valence-electron chi connectivity index (χ3n) is 1.90. The number of nitrogen functional groups attached to an aromatic ring is 1. The number of nitrogens with two attached hydrogens (primary N) is 1. The van der Waals surface area contributed by atoms with Crippen molar-refractivity contribution in [2.75, 3.05) is 5.73 Å². The highest BCUT2D eigenvalue weighted by atomic mass is 32.1. The van der Waals surface area contributed by atoms with Crippen molar-refractivity contribution in [2.24, 2.45) is 0 Å². The molecule has 4 heteroatoms. The van der Waals surface area contributed by atoms with E-state index in [2.05, 4.69) is 31.0 Å². The van der Waals surface area contributed by atoms with Crippen LogP contribution in [0, 0.1) is 0 Å². The Balaban J connectivity index is 0.000000671. The van der Waals surface area contributed by atoms with E-state index in [1.807, 2.05) is 13.8 Å². The Morgan fingerprint density at radius 3 is 2.15 bits per heavy atom. The van der Waals surface area contributed by atoms with Crippen LogP contribution in [0.5, 0.6) is 0 Å². The fourth-order valence-corrected chi connectivity index (χ4v) is 1.44. The SMILES string of the molecule is CC.CCC(C)(C)c1nnc(N)s1. The Kier molecular flexibility index (Phi) is 4.91. The molecule has 76 valence electrons. The molecule has 0 amide bonds. The van der Waals surface area contributed by atoms with Crippen LogP contribution in [0.15, 0.2) is 0 Å². The van der Waals surface area contributed by atoms with Crippen LogP contribution in [-0.2, 0) is 5.41 Å². The second kappa shape index (κ2) is 5.17. The van der Waals surface area contributed by atoms with Crippen molar-refractivity contribution in [3.05, 3.63) is 5.01 Å². The first-order valence-electron chi connectivity index (χ1n) is 4.65. The summed E-state index contributed by atoms with van der Waals surface area (Å²) in [6.07, 6.45) is 1.06. The number of rotatable bonds is 2. The Morgan fingerprint density at radius 2 is 1.85 bits per heavy atom. The molecule has 1 aromatic rings. The lowest BCUT2D eigenvalue weighted by Gasteiger charge is -2.17. The molecule has 0 aromatic carbocycles. The number of hydrogen-bond donors (Lipinski definition) is 1. The van der Waals surface area contributed by atoms with Crippen molar-refractivity contribution in [1.29, 1.82) is 0 Å². The summed E-state index contributed by atoms with van der Waals surface area (Å²) in [7, 11) is 0. The maximum absolute atomic E-state index is 5.47. The predicted octanol–water partition coefficient (Wildman–Crippen LogP) is 2.83. The monoisotopic (exact) mass is 201 g/mol. The van der Waals surface area contributed by atoms with Gasteiger partial charge in [0.25, 0.3) is 0 Å². The van der Waals surface area contributed by atoms with Gasteiger partial charge in [0.1, 0.15) is 5.01 Å². The molecule has 1 heterocycles. The summed E-state index contributed by atoms with van der Waals surface area (Å²) < 4.78 is 0. The average molecular weight is 201 g/mol.